The molecule has 3 aromatic rings. The number of alkyl halides is 4. The van der Waals surface area contributed by atoms with Crippen molar-refractivity contribution in [2.45, 2.75) is 95.7 Å². The van der Waals surface area contributed by atoms with E-state index in [0.717, 1.165) is 12.8 Å². The van der Waals surface area contributed by atoms with Gasteiger partial charge in [0.25, 0.3) is 11.8 Å². The molecule has 1 unspecified atom stereocenters. The van der Waals surface area contributed by atoms with Gasteiger partial charge >= 0.3 is 0 Å². The predicted octanol–water partition coefficient (Wildman–Crippen LogP) is 5.42. The average molecular weight is 578 g/mol. The molecule has 0 saturated heterocycles. The summed E-state index contributed by atoms with van der Waals surface area (Å²) in [6, 6.07) is 2.17. The van der Waals surface area contributed by atoms with E-state index in [1.807, 2.05) is 13.8 Å². The first-order chi connectivity index (χ1) is 19.3. The fraction of sp³-hybridized carbons (Fsp3) is 0.607. The molecule has 2 amide bonds. The van der Waals surface area contributed by atoms with Gasteiger partial charge in [-0.2, -0.15) is 10.2 Å². The SMILES string of the molecule is CC(C)n1nccc1C(=O)N[C@H](c1cn2ncc(C(NC(=O)CC(C)(F)F)C3CC3)cc2n1)C1CCC(F)(F)CC1. The van der Waals surface area contributed by atoms with Gasteiger partial charge in [-0.25, -0.2) is 27.1 Å². The van der Waals surface area contributed by atoms with Crippen LogP contribution in [0.15, 0.2) is 30.7 Å². The Bertz CT molecular complexity index is 1400. The van der Waals surface area contributed by atoms with Gasteiger partial charge in [-0.05, 0) is 76.0 Å². The van der Waals surface area contributed by atoms with Gasteiger partial charge in [0.05, 0.1) is 36.6 Å². The van der Waals surface area contributed by atoms with Crippen molar-refractivity contribution in [3.05, 3.63) is 47.7 Å². The van der Waals surface area contributed by atoms with E-state index >= 15 is 0 Å². The molecule has 0 radical (unpaired) electrons. The molecular formula is C28H35F4N7O2. The minimum absolute atomic E-state index is 0.0566. The lowest BCUT2D eigenvalue weighted by molar-refractivity contribution is -0.128. The molecule has 5 rings (SSSR count). The van der Waals surface area contributed by atoms with E-state index in [1.54, 1.807) is 29.2 Å². The highest BCUT2D eigenvalue weighted by Gasteiger charge is 2.40. The number of hydrogen-bond acceptors (Lipinski definition) is 5. The minimum Gasteiger partial charge on any atom is -0.349 e. The first kappa shape index (κ1) is 29.0. The van der Waals surface area contributed by atoms with Crippen LogP contribution >= 0.6 is 0 Å². The van der Waals surface area contributed by atoms with Crippen molar-refractivity contribution in [1.82, 2.24) is 35.0 Å². The predicted molar refractivity (Wildman–Crippen MR) is 142 cm³/mol. The smallest absolute Gasteiger partial charge is 0.270 e. The number of aromatic nitrogens is 5. The summed E-state index contributed by atoms with van der Waals surface area (Å²) < 4.78 is 58.0. The zero-order chi connectivity index (χ0) is 29.5. The molecule has 0 aliphatic heterocycles. The Morgan fingerprint density at radius 3 is 2.39 bits per heavy atom. The highest BCUT2D eigenvalue weighted by atomic mass is 19.3. The second-order valence-electron chi connectivity index (χ2n) is 11.8. The van der Waals surface area contributed by atoms with E-state index in [1.165, 1.54) is 10.7 Å². The third kappa shape index (κ3) is 6.87. The standard InChI is InChI=1S/C28H35F4N7O2/c1-16(2)39-21(8-11-33-39)26(41)37-25(18-6-9-28(31,32)10-7-18)20-15-38-22(35-20)12-19(14-34-38)24(17-4-5-17)36-23(40)13-27(3,29)30/h8,11-12,14-18,24-25H,4-7,9-10,13H2,1-3H3,(H,36,40)(H,37,41)/t24?,25-/m0/s1. The summed E-state index contributed by atoms with van der Waals surface area (Å²) in [5.41, 5.74) is 1.91. The van der Waals surface area contributed by atoms with Gasteiger partial charge in [0, 0.05) is 25.1 Å². The molecule has 41 heavy (non-hydrogen) atoms. The number of imidazole rings is 1. The van der Waals surface area contributed by atoms with Crippen LogP contribution in [0.25, 0.3) is 5.65 Å². The topological polar surface area (TPSA) is 106 Å². The van der Waals surface area contributed by atoms with Crippen LogP contribution in [-0.4, -0.2) is 48.0 Å². The van der Waals surface area contributed by atoms with Crippen LogP contribution in [0.3, 0.4) is 0 Å². The van der Waals surface area contributed by atoms with E-state index in [4.69, 9.17) is 4.98 Å². The molecule has 2 N–H and O–H groups in total. The fourth-order valence-electron chi connectivity index (χ4n) is 5.59. The number of carbonyl (C=O) groups is 2. The Morgan fingerprint density at radius 1 is 1.07 bits per heavy atom. The fourth-order valence-corrected chi connectivity index (χ4v) is 5.59. The highest BCUT2D eigenvalue weighted by Crippen LogP contribution is 2.43. The first-order valence-electron chi connectivity index (χ1n) is 14.0. The summed E-state index contributed by atoms with van der Waals surface area (Å²) in [7, 11) is 0. The van der Waals surface area contributed by atoms with E-state index in [0.29, 0.717) is 29.5 Å². The summed E-state index contributed by atoms with van der Waals surface area (Å²) in [6.07, 6.45) is 5.46. The Kier molecular flexibility index (Phi) is 7.82. The van der Waals surface area contributed by atoms with Crippen LogP contribution in [-0.2, 0) is 4.79 Å². The molecule has 0 spiro atoms. The molecule has 2 fully saturated rings. The van der Waals surface area contributed by atoms with E-state index in [9.17, 15) is 27.2 Å². The third-order valence-electron chi connectivity index (χ3n) is 7.83. The summed E-state index contributed by atoms with van der Waals surface area (Å²) >= 11 is 0. The summed E-state index contributed by atoms with van der Waals surface area (Å²) in [6.45, 7) is 4.51. The molecule has 222 valence electrons. The van der Waals surface area contributed by atoms with Crippen molar-refractivity contribution in [3.8, 4) is 0 Å². The van der Waals surface area contributed by atoms with Crippen molar-refractivity contribution >= 4 is 17.5 Å². The van der Waals surface area contributed by atoms with Crippen LogP contribution in [0.4, 0.5) is 17.6 Å². The molecule has 2 atom stereocenters. The van der Waals surface area contributed by atoms with Gasteiger partial charge in [0.1, 0.15) is 5.69 Å². The molecule has 9 nitrogen and oxygen atoms in total. The van der Waals surface area contributed by atoms with Crippen LogP contribution in [0.1, 0.15) is 106 Å². The van der Waals surface area contributed by atoms with Crippen LogP contribution in [0, 0.1) is 11.8 Å². The van der Waals surface area contributed by atoms with Crippen molar-refractivity contribution < 1.29 is 27.2 Å². The number of halogens is 4. The zero-order valence-electron chi connectivity index (χ0n) is 23.3. The van der Waals surface area contributed by atoms with Gasteiger partial charge in [-0.1, -0.05) is 0 Å². The summed E-state index contributed by atoms with van der Waals surface area (Å²) in [4.78, 5) is 30.4. The highest BCUT2D eigenvalue weighted by molar-refractivity contribution is 5.92. The first-order valence-corrected chi connectivity index (χ1v) is 14.0. The van der Waals surface area contributed by atoms with E-state index in [2.05, 4.69) is 20.8 Å². The van der Waals surface area contributed by atoms with Crippen LogP contribution in [0.5, 0.6) is 0 Å². The number of carbonyl (C=O) groups excluding carboxylic acids is 2. The monoisotopic (exact) mass is 577 g/mol. The lowest BCUT2D eigenvalue weighted by atomic mass is 9.81. The van der Waals surface area contributed by atoms with Gasteiger partial charge in [0.15, 0.2) is 5.65 Å². The molecule has 2 saturated carbocycles. The average Bonchev–Trinajstić information content (AvgIpc) is 3.43. The number of nitrogens with one attached hydrogen (secondary N) is 2. The third-order valence-corrected chi connectivity index (χ3v) is 7.83. The minimum atomic E-state index is -3.12. The molecule has 0 aromatic carbocycles. The molecule has 2 aliphatic carbocycles. The summed E-state index contributed by atoms with van der Waals surface area (Å²) in [5, 5.41) is 14.4. The van der Waals surface area contributed by atoms with Gasteiger partial charge < -0.3 is 10.6 Å². The molecule has 0 bridgehead atoms. The van der Waals surface area contributed by atoms with E-state index < -0.39 is 36.3 Å². The Labute approximate surface area is 235 Å². The number of amides is 2. The molecular weight excluding hydrogens is 542 g/mol. The largest absolute Gasteiger partial charge is 0.349 e. The Balaban J connectivity index is 1.43. The molecule has 3 heterocycles. The molecule has 2 aliphatic rings. The van der Waals surface area contributed by atoms with Crippen molar-refractivity contribution in [2.24, 2.45) is 11.8 Å². The number of nitrogens with zero attached hydrogens (tertiary/aromatic N) is 5. The van der Waals surface area contributed by atoms with Crippen LogP contribution < -0.4 is 10.6 Å². The second-order valence-corrected chi connectivity index (χ2v) is 11.8. The molecule has 13 heteroatoms. The van der Waals surface area contributed by atoms with Gasteiger partial charge in [-0.15, -0.1) is 0 Å². The normalized spacial score (nSPS) is 19.3. The Hall–Kier alpha value is -3.51. The number of hydrogen-bond donors (Lipinski definition) is 2. The molecule has 3 aromatic heterocycles. The zero-order valence-corrected chi connectivity index (χ0v) is 23.3. The summed E-state index contributed by atoms with van der Waals surface area (Å²) in [5.74, 6) is -7.13. The van der Waals surface area contributed by atoms with E-state index in [-0.39, 0.29) is 49.5 Å². The van der Waals surface area contributed by atoms with Gasteiger partial charge in [0.2, 0.25) is 11.8 Å². The van der Waals surface area contributed by atoms with Crippen molar-refractivity contribution in [3.63, 3.8) is 0 Å². The lowest BCUT2D eigenvalue weighted by Crippen LogP contribution is -2.38. The quantitative estimate of drug-likeness (QED) is 0.313. The van der Waals surface area contributed by atoms with Crippen LogP contribution in [0.2, 0.25) is 0 Å². The number of fused-ring (bicyclic) bond motifs is 1. The lowest BCUT2D eigenvalue weighted by Gasteiger charge is -2.33. The maximum atomic E-state index is 14.0. The second kappa shape index (κ2) is 11.1. The van der Waals surface area contributed by atoms with Crippen molar-refractivity contribution in [2.75, 3.05) is 0 Å². The number of rotatable bonds is 10. The maximum absolute atomic E-state index is 14.0. The van der Waals surface area contributed by atoms with Crippen molar-refractivity contribution in [1.29, 1.82) is 0 Å². The maximum Gasteiger partial charge on any atom is 0.270 e. The Morgan fingerprint density at radius 2 is 1.76 bits per heavy atom. The van der Waals surface area contributed by atoms with Gasteiger partial charge in [-0.3, -0.25) is 14.3 Å².